The molecule has 0 aliphatic carbocycles. The fourth-order valence-corrected chi connectivity index (χ4v) is 1.14. The van der Waals surface area contributed by atoms with Crippen LogP contribution in [0.1, 0.15) is 15.9 Å². The van der Waals surface area contributed by atoms with Crippen LogP contribution in [0.4, 0.5) is 13.2 Å². The summed E-state index contributed by atoms with van der Waals surface area (Å²) >= 11 is 0. The minimum Gasteiger partial charge on any atom is -0.465 e. The lowest BCUT2D eigenvalue weighted by Crippen LogP contribution is -2.24. The highest BCUT2D eigenvalue weighted by Gasteiger charge is 2.36. The van der Waals surface area contributed by atoms with Crippen LogP contribution in [-0.2, 0) is 18.0 Å². The maximum atomic E-state index is 12.5. The molecular weight excluding hydrogens is 227 g/mol. The van der Waals surface area contributed by atoms with Crippen molar-refractivity contribution in [3.63, 3.8) is 0 Å². The van der Waals surface area contributed by atoms with E-state index in [1.54, 1.807) is 0 Å². The monoisotopic (exact) mass is 235 g/mol. The second kappa shape index (κ2) is 3.99. The Balaban J connectivity index is 3.52. The number of nitrogens with zero attached hydrogens (tertiary/aromatic N) is 1. The van der Waals surface area contributed by atoms with Gasteiger partial charge in [-0.15, -0.1) is 0 Å². The molecular formula is C9H8F3NO3. The molecule has 0 radical (unpaired) electrons. The van der Waals surface area contributed by atoms with E-state index in [4.69, 9.17) is 0 Å². The molecule has 0 bridgehead atoms. The molecule has 0 atom stereocenters. The molecule has 1 heterocycles. The van der Waals surface area contributed by atoms with E-state index in [9.17, 15) is 22.8 Å². The number of halogens is 3. The standard InChI is InChI=1S/C9H8F3NO3/c1-13-4-5(8(15)16-2)6(3-7(13)14)9(10,11)12/h3-4H,1-2H3. The van der Waals surface area contributed by atoms with Gasteiger partial charge in [-0.25, -0.2) is 4.79 Å². The second-order valence-electron chi connectivity index (χ2n) is 3.04. The topological polar surface area (TPSA) is 48.3 Å². The number of aryl methyl sites for hydroxylation is 1. The fourth-order valence-electron chi connectivity index (χ4n) is 1.14. The lowest BCUT2D eigenvalue weighted by atomic mass is 10.1. The lowest BCUT2D eigenvalue weighted by molar-refractivity contribution is -0.138. The van der Waals surface area contributed by atoms with Crippen LogP contribution < -0.4 is 5.56 Å². The molecule has 1 aromatic rings. The van der Waals surface area contributed by atoms with Crippen molar-refractivity contribution < 1.29 is 22.7 Å². The van der Waals surface area contributed by atoms with Crippen LogP contribution in [0.3, 0.4) is 0 Å². The quantitative estimate of drug-likeness (QED) is 0.687. The Kier molecular flexibility index (Phi) is 3.06. The van der Waals surface area contributed by atoms with Crippen molar-refractivity contribution in [1.82, 2.24) is 4.57 Å². The Morgan fingerprint density at radius 3 is 2.44 bits per heavy atom. The van der Waals surface area contributed by atoms with Gasteiger partial charge >= 0.3 is 12.1 Å². The van der Waals surface area contributed by atoms with Crippen molar-refractivity contribution in [2.45, 2.75) is 6.18 Å². The molecule has 4 nitrogen and oxygen atoms in total. The first-order valence-electron chi connectivity index (χ1n) is 4.13. The van der Waals surface area contributed by atoms with Crippen LogP contribution >= 0.6 is 0 Å². The minimum absolute atomic E-state index is 0.367. The Morgan fingerprint density at radius 1 is 1.44 bits per heavy atom. The zero-order chi connectivity index (χ0) is 12.5. The lowest BCUT2D eigenvalue weighted by Gasteiger charge is -2.11. The van der Waals surface area contributed by atoms with Gasteiger partial charge in [0.05, 0.1) is 18.2 Å². The number of methoxy groups -OCH3 is 1. The summed E-state index contributed by atoms with van der Waals surface area (Å²) < 4.78 is 42.6. The average molecular weight is 235 g/mol. The van der Waals surface area contributed by atoms with Gasteiger partial charge in [0.15, 0.2) is 0 Å². The smallest absolute Gasteiger partial charge is 0.417 e. The molecule has 0 spiro atoms. The van der Waals surface area contributed by atoms with Gasteiger partial charge in [-0.1, -0.05) is 0 Å². The van der Waals surface area contributed by atoms with Crippen LogP contribution in [0.15, 0.2) is 17.1 Å². The molecule has 0 aliphatic rings. The summed E-state index contributed by atoms with van der Waals surface area (Å²) in [5, 5.41) is 0. The van der Waals surface area contributed by atoms with Gasteiger partial charge in [-0.3, -0.25) is 4.79 Å². The number of ether oxygens (including phenoxy) is 1. The molecule has 0 aliphatic heterocycles. The summed E-state index contributed by atoms with van der Waals surface area (Å²) in [4.78, 5) is 22.2. The molecule has 88 valence electrons. The highest BCUT2D eigenvalue weighted by Crippen LogP contribution is 2.31. The summed E-state index contributed by atoms with van der Waals surface area (Å²) in [5.41, 5.74) is -2.82. The van der Waals surface area contributed by atoms with Crippen LogP contribution in [0.2, 0.25) is 0 Å². The molecule has 1 rings (SSSR count). The summed E-state index contributed by atoms with van der Waals surface area (Å²) in [7, 11) is 2.21. The number of rotatable bonds is 1. The maximum absolute atomic E-state index is 12.5. The number of aromatic nitrogens is 1. The number of pyridine rings is 1. The van der Waals surface area contributed by atoms with Gasteiger partial charge in [0, 0.05) is 19.3 Å². The number of hydrogen-bond donors (Lipinski definition) is 0. The molecule has 0 unspecified atom stereocenters. The van der Waals surface area contributed by atoms with Crippen molar-refractivity contribution >= 4 is 5.97 Å². The summed E-state index contributed by atoms with van der Waals surface area (Å²) in [6.07, 6.45) is -3.96. The van der Waals surface area contributed by atoms with Gasteiger partial charge in [-0.2, -0.15) is 13.2 Å². The number of esters is 1. The first-order valence-corrected chi connectivity index (χ1v) is 4.13. The second-order valence-corrected chi connectivity index (χ2v) is 3.04. The third kappa shape index (κ3) is 2.23. The van der Waals surface area contributed by atoms with Crippen molar-refractivity contribution in [3.05, 3.63) is 33.7 Å². The third-order valence-electron chi connectivity index (χ3n) is 1.94. The molecule has 16 heavy (non-hydrogen) atoms. The van der Waals surface area contributed by atoms with E-state index in [1.165, 1.54) is 7.05 Å². The number of carbonyl (C=O) groups is 1. The van der Waals surface area contributed by atoms with E-state index < -0.39 is 28.8 Å². The summed E-state index contributed by atoms with van der Waals surface area (Å²) in [6.45, 7) is 0. The Labute approximate surface area is 88.3 Å². The van der Waals surface area contributed by atoms with Crippen molar-refractivity contribution in [2.24, 2.45) is 7.05 Å². The highest BCUT2D eigenvalue weighted by atomic mass is 19.4. The molecule has 0 N–H and O–H groups in total. The molecule has 0 saturated heterocycles. The predicted molar refractivity (Wildman–Crippen MR) is 48.0 cm³/mol. The van der Waals surface area contributed by atoms with Crippen LogP contribution in [0.5, 0.6) is 0 Å². The highest BCUT2D eigenvalue weighted by molar-refractivity contribution is 5.90. The Morgan fingerprint density at radius 2 is 2.00 bits per heavy atom. The van der Waals surface area contributed by atoms with E-state index in [0.717, 1.165) is 17.9 Å². The zero-order valence-corrected chi connectivity index (χ0v) is 8.46. The third-order valence-corrected chi connectivity index (χ3v) is 1.94. The maximum Gasteiger partial charge on any atom is 0.417 e. The predicted octanol–water partition coefficient (Wildman–Crippen LogP) is 1.19. The zero-order valence-electron chi connectivity index (χ0n) is 8.46. The minimum atomic E-state index is -4.77. The molecule has 0 saturated carbocycles. The van der Waals surface area contributed by atoms with Crippen LogP contribution in [0.25, 0.3) is 0 Å². The fraction of sp³-hybridized carbons (Fsp3) is 0.333. The van der Waals surface area contributed by atoms with Gasteiger partial charge < -0.3 is 9.30 Å². The first-order chi connectivity index (χ1) is 7.27. The van der Waals surface area contributed by atoms with Crippen molar-refractivity contribution in [2.75, 3.05) is 7.11 Å². The Bertz CT molecular complexity index is 476. The number of alkyl halides is 3. The van der Waals surface area contributed by atoms with Crippen LogP contribution in [0, 0.1) is 0 Å². The van der Waals surface area contributed by atoms with E-state index in [2.05, 4.69) is 4.74 Å². The molecule has 1 aromatic heterocycles. The van der Waals surface area contributed by atoms with E-state index in [-0.39, 0.29) is 0 Å². The van der Waals surface area contributed by atoms with Gasteiger partial charge in [-0.05, 0) is 0 Å². The number of carbonyl (C=O) groups excluding carboxylic acids is 1. The Hall–Kier alpha value is -1.79. The summed E-state index contributed by atoms with van der Waals surface area (Å²) in [5.74, 6) is -1.14. The first kappa shape index (κ1) is 12.3. The van der Waals surface area contributed by atoms with E-state index in [0.29, 0.717) is 6.07 Å². The molecule has 0 amide bonds. The van der Waals surface area contributed by atoms with E-state index in [1.807, 2.05) is 0 Å². The van der Waals surface area contributed by atoms with Crippen molar-refractivity contribution in [3.8, 4) is 0 Å². The molecule has 0 aromatic carbocycles. The number of hydrogen-bond acceptors (Lipinski definition) is 3. The average Bonchev–Trinajstić information content (AvgIpc) is 2.18. The summed E-state index contributed by atoms with van der Waals surface area (Å²) in [6, 6.07) is 0.367. The molecule has 7 heteroatoms. The normalized spacial score (nSPS) is 11.3. The largest absolute Gasteiger partial charge is 0.465 e. The van der Waals surface area contributed by atoms with Gasteiger partial charge in [0.1, 0.15) is 0 Å². The SMILES string of the molecule is COC(=O)c1cn(C)c(=O)cc1C(F)(F)F. The van der Waals surface area contributed by atoms with E-state index >= 15 is 0 Å². The van der Waals surface area contributed by atoms with Crippen molar-refractivity contribution in [1.29, 1.82) is 0 Å². The molecule has 0 fully saturated rings. The van der Waals surface area contributed by atoms with Gasteiger partial charge in [0.2, 0.25) is 0 Å². The van der Waals surface area contributed by atoms with Crippen LogP contribution in [-0.4, -0.2) is 17.6 Å². The van der Waals surface area contributed by atoms with Gasteiger partial charge in [0.25, 0.3) is 5.56 Å².